The lowest BCUT2D eigenvalue weighted by molar-refractivity contribution is 0.735. The Kier molecular flexibility index (Phi) is 4.27. The van der Waals surface area contributed by atoms with Crippen molar-refractivity contribution in [2.24, 2.45) is 12.8 Å². The van der Waals surface area contributed by atoms with Gasteiger partial charge in [-0.3, -0.25) is 0 Å². The summed E-state index contributed by atoms with van der Waals surface area (Å²) in [6.45, 7) is 0.412. The third-order valence-electron chi connectivity index (χ3n) is 1.51. The molecule has 0 bridgehead atoms. The molecule has 13 heavy (non-hydrogen) atoms. The monoisotopic (exact) mass is 218 g/mol. The molecule has 0 fully saturated rings. The minimum atomic E-state index is 0.412. The maximum absolute atomic E-state index is 5.45. The van der Waals surface area contributed by atoms with Crippen LogP contribution in [0.4, 0.5) is 0 Å². The van der Waals surface area contributed by atoms with Gasteiger partial charge in [0.2, 0.25) is 0 Å². The third-order valence-corrected chi connectivity index (χ3v) is 2.66. The summed E-state index contributed by atoms with van der Waals surface area (Å²) in [5.74, 6) is 1.58. The fourth-order valence-electron chi connectivity index (χ4n) is 0.808. The molecule has 0 radical (unpaired) electrons. The molecule has 0 saturated carbocycles. The summed E-state index contributed by atoms with van der Waals surface area (Å²) in [7, 11) is 1.90. The molecule has 1 aromatic rings. The number of aromatic nitrogens is 3. The summed E-state index contributed by atoms with van der Waals surface area (Å²) in [6, 6.07) is 0. The van der Waals surface area contributed by atoms with Gasteiger partial charge in [-0.05, 0) is 0 Å². The van der Waals surface area contributed by atoms with Gasteiger partial charge in [-0.15, -0.1) is 10.2 Å². The standard InChI is InChI=1S/C7H11ClN4S/c1-12-6(5-9)10-11-7(12)13-4-2-3-8/h2-3H,4-5,9H2,1H3. The molecule has 0 aliphatic heterocycles. The van der Waals surface area contributed by atoms with Crippen LogP contribution in [0.5, 0.6) is 0 Å². The first-order valence-corrected chi connectivity index (χ1v) is 5.18. The Bertz CT molecular complexity index is 297. The van der Waals surface area contributed by atoms with Crippen LogP contribution in [-0.4, -0.2) is 20.5 Å². The highest BCUT2D eigenvalue weighted by molar-refractivity contribution is 7.99. The molecule has 0 atom stereocenters. The molecule has 72 valence electrons. The number of hydrogen-bond donors (Lipinski definition) is 1. The second-order valence-electron chi connectivity index (χ2n) is 2.33. The number of thioether (sulfide) groups is 1. The maximum atomic E-state index is 5.45. The largest absolute Gasteiger partial charge is 0.324 e. The van der Waals surface area contributed by atoms with E-state index in [0.29, 0.717) is 6.54 Å². The summed E-state index contributed by atoms with van der Waals surface area (Å²) in [5, 5.41) is 8.76. The van der Waals surface area contributed by atoms with Gasteiger partial charge in [-0.25, -0.2) is 0 Å². The maximum Gasteiger partial charge on any atom is 0.191 e. The molecule has 0 aromatic carbocycles. The lowest BCUT2D eigenvalue weighted by atomic mass is 10.6. The van der Waals surface area contributed by atoms with Crippen LogP contribution in [0.3, 0.4) is 0 Å². The second-order valence-corrected chi connectivity index (χ2v) is 3.57. The van der Waals surface area contributed by atoms with Gasteiger partial charge in [0.25, 0.3) is 0 Å². The fraction of sp³-hybridized carbons (Fsp3) is 0.429. The van der Waals surface area contributed by atoms with E-state index in [-0.39, 0.29) is 0 Å². The van der Waals surface area contributed by atoms with Crippen LogP contribution in [0.1, 0.15) is 5.82 Å². The Balaban J connectivity index is 2.61. The first-order chi connectivity index (χ1) is 6.29. The number of halogens is 1. The van der Waals surface area contributed by atoms with E-state index in [2.05, 4.69) is 10.2 Å². The molecule has 1 rings (SSSR count). The van der Waals surface area contributed by atoms with E-state index in [1.807, 2.05) is 17.7 Å². The Hall–Kier alpha value is -0.520. The molecule has 0 saturated heterocycles. The highest BCUT2D eigenvalue weighted by atomic mass is 35.5. The van der Waals surface area contributed by atoms with Crippen molar-refractivity contribution in [3.8, 4) is 0 Å². The smallest absolute Gasteiger partial charge is 0.191 e. The van der Waals surface area contributed by atoms with E-state index in [1.54, 1.807) is 11.8 Å². The van der Waals surface area contributed by atoms with Gasteiger partial charge in [0.1, 0.15) is 5.82 Å². The Labute approximate surface area is 86.2 Å². The minimum Gasteiger partial charge on any atom is -0.324 e. The van der Waals surface area contributed by atoms with Gasteiger partial charge < -0.3 is 10.3 Å². The first-order valence-electron chi connectivity index (χ1n) is 3.76. The lowest BCUT2D eigenvalue weighted by Gasteiger charge is -1.99. The van der Waals surface area contributed by atoms with Crippen molar-refractivity contribution in [2.75, 3.05) is 5.75 Å². The number of hydrogen-bond acceptors (Lipinski definition) is 4. The summed E-state index contributed by atoms with van der Waals surface area (Å²) >= 11 is 6.95. The molecular formula is C7H11ClN4S. The quantitative estimate of drug-likeness (QED) is 0.770. The van der Waals surface area contributed by atoms with Gasteiger partial charge >= 0.3 is 0 Å². The summed E-state index contributed by atoms with van der Waals surface area (Å²) in [4.78, 5) is 0. The Morgan fingerprint density at radius 2 is 2.38 bits per heavy atom. The zero-order valence-electron chi connectivity index (χ0n) is 7.27. The van der Waals surface area contributed by atoms with E-state index in [9.17, 15) is 0 Å². The van der Waals surface area contributed by atoms with Gasteiger partial charge in [0.15, 0.2) is 5.16 Å². The molecule has 2 N–H and O–H groups in total. The van der Waals surface area contributed by atoms with Crippen molar-refractivity contribution < 1.29 is 0 Å². The number of nitrogens with two attached hydrogens (primary N) is 1. The fourth-order valence-corrected chi connectivity index (χ4v) is 1.74. The van der Waals surface area contributed by atoms with Crippen molar-refractivity contribution >= 4 is 23.4 Å². The van der Waals surface area contributed by atoms with Crippen LogP contribution < -0.4 is 5.73 Å². The summed E-state index contributed by atoms with van der Waals surface area (Å²) in [5.41, 5.74) is 6.94. The van der Waals surface area contributed by atoms with Crippen LogP contribution in [0.15, 0.2) is 16.8 Å². The molecule has 4 nitrogen and oxygen atoms in total. The summed E-state index contributed by atoms with van der Waals surface area (Å²) < 4.78 is 1.88. The highest BCUT2D eigenvalue weighted by Gasteiger charge is 2.05. The average Bonchev–Trinajstić information content (AvgIpc) is 2.48. The van der Waals surface area contributed by atoms with Crippen LogP contribution in [0.2, 0.25) is 0 Å². The molecule has 0 unspecified atom stereocenters. The minimum absolute atomic E-state index is 0.412. The molecule has 6 heteroatoms. The summed E-state index contributed by atoms with van der Waals surface area (Å²) in [6.07, 6.45) is 1.85. The van der Waals surface area contributed by atoms with Gasteiger partial charge in [0.05, 0.1) is 6.54 Å². The SMILES string of the molecule is Cn1c(CN)nnc1SCC=CCl. The zero-order valence-corrected chi connectivity index (χ0v) is 8.85. The zero-order chi connectivity index (χ0) is 9.68. The molecule has 0 aliphatic rings. The van der Waals surface area contributed by atoms with Crippen LogP contribution in [-0.2, 0) is 13.6 Å². The van der Waals surface area contributed by atoms with Crippen LogP contribution >= 0.6 is 23.4 Å². The Morgan fingerprint density at radius 1 is 1.62 bits per heavy atom. The van der Waals surface area contributed by atoms with E-state index in [4.69, 9.17) is 17.3 Å². The van der Waals surface area contributed by atoms with Gasteiger partial charge in [-0.2, -0.15) is 0 Å². The lowest BCUT2D eigenvalue weighted by Crippen LogP contribution is -2.05. The molecule has 0 spiro atoms. The van der Waals surface area contributed by atoms with E-state index in [0.717, 1.165) is 16.7 Å². The topological polar surface area (TPSA) is 56.7 Å². The van der Waals surface area contributed by atoms with Crippen molar-refractivity contribution in [1.29, 1.82) is 0 Å². The van der Waals surface area contributed by atoms with Crippen LogP contribution in [0.25, 0.3) is 0 Å². The predicted octanol–water partition coefficient (Wildman–Crippen LogP) is 1.12. The average molecular weight is 219 g/mol. The van der Waals surface area contributed by atoms with Crippen molar-refractivity contribution in [3.05, 3.63) is 17.4 Å². The first kappa shape index (κ1) is 10.6. The van der Waals surface area contributed by atoms with Crippen molar-refractivity contribution in [3.63, 3.8) is 0 Å². The van der Waals surface area contributed by atoms with Gasteiger partial charge in [-0.1, -0.05) is 29.4 Å². The third kappa shape index (κ3) is 2.72. The van der Waals surface area contributed by atoms with E-state index < -0.39 is 0 Å². The predicted molar refractivity (Wildman–Crippen MR) is 54.6 cm³/mol. The van der Waals surface area contributed by atoms with Crippen molar-refractivity contribution in [2.45, 2.75) is 11.7 Å². The van der Waals surface area contributed by atoms with Gasteiger partial charge in [0, 0.05) is 18.3 Å². The Morgan fingerprint density at radius 3 is 2.92 bits per heavy atom. The molecule has 1 aromatic heterocycles. The van der Waals surface area contributed by atoms with E-state index >= 15 is 0 Å². The van der Waals surface area contributed by atoms with E-state index in [1.165, 1.54) is 5.54 Å². The second kappa shape index (κ2) is 5.26. The van der Waals surface area contributed by atoms with Crippen molar-refractivity contribution in [1.82, 2.24) is 14.8 Å². The molecule has 0 amide bonds. The number of rotatable bonds is 4. The number of nitrogens with zero attached hydrogens (tertiary/aromatic N) is 3. The normalized spacial score (nSPS) is 11.3. The molecular weight excluding hydrogens is 208 g/mol. The molecule has 1 heterocycles. The van der Waals surface area contributed by atoms with Crippen LogP contribution in [0, 0.1) is 0 Å². The highest BCUT2D eigenvalue weighted by Crippen LogP contribution is 2.15. The molecule has 0 aliphatic carbocycles.